The van der Waals surface area contributed by atoms with E-state index in [9.17, 15) is 27.2 Å². The number of benzene rings is 2. The van der Waals surface area contributed by atoms with E-state index in [-0.39, 0.29) is 39.9 Å². The highest BCUT2D eigenvalue weighted by Gasteiger charge is 2.36. The highest BCUT2D eigenvalue weighted by molar-refractivity contribution is 7.22. The summed E-state index contributed by atoms with van der Waals surface area (Å²) in [5, 5.41) is 8.37. The molecule has 3 heterocycles. The van der Waals surface area contributed by atoms with Gasteiger partial charge in [0.2, 0.25) is 11.8 Å². The van der Waals surface area contributed by atoms with Crippen LogP contribution in [0.2, 0.25) is 0 Å². The molecule has 14 heteroatoms. The molecule has 0 aliphatic heterocycles. The maximum atomic E-state index is 14.7. The zero-order valence-corrected chi connectivity index (χ0v) is 20.4. The molecule has 0 spiro atoms. The number of rotatable bonds is 7. The first-order chi connectivity index (χ1) is 18.6. The summed E-state index contributed by atoms with van der Waals surface area (Å²) < 4.78 is 60.3. The van der Waals surface area contributed by atoms with E-state index in [1.165, 1.54) is 42.6 Å². The van der Waals surface area contributed by atoms with E-state index in [2.05, 4.69) is 25.5 Å². The second-order valence-electron chi connectivity index (χ2n) is 8.16. The summed E-state index contributed by atoms with van der Waals surface area (Å²) in [6.07, 6.45) is -2.31. The molecule has 0 unspecified atom stereocenters. The Morgan fingerprint density at radius 1 is 1.13 bits per heavy atom. The van der Waals surface area contributed by atoms with Crippen LogP contribution in [0.4, 0.5) is 22.7 Å². The molecule has 0 atom stereocenters. The van der Waals surface area contributed by atoms with Crippen LogP contribution in [0.25, 0.3) is 21.3 Å². The van der Waals surface area contributed by atoms with Crippen molar-refractivity contribution in [1.82, 2.24) is 20.2 Å². The zero-order valence-electron chi connectivity index (χ0n) is 19.5. The Balaban J connectivity index is 1.28. The lowest BCUT2D eigenvalue weighted by Crippen LogP contribution is -2.14. The highest BCUT2D eigenvalue weighted by atomic mass is 32.1. The summed E-state index contributed by atoms with van der Waals surface area (Å²) in [6.45, 7) is 0. The third-order valence-corrected chi connectivity index (χ3v) is 6.41. The number of nitrogens with zero attached hydrogens (tertiary/aromatic N) is 3. The number of ether oxygens (including phenoxy) is 1. The number of aromatic amines is 1. The van der Waals surface area contributed by atoms with Crippen LogP contribution in [0.5, 0.6) is 11.6 Å². The molecule has 0 fully saturated rings. The molecule has 0 bridgehead atoms. The molecule has 0 saturated carbocycles. The SMILES string of the molecule is NC(=O)c1cccnc1Oc1ccc(CC(=O)Nc2nc3cc(-c4c[nH]nc4C(F)(F)F)ccc3s2)cc1F. The minimum atomic E-state index is -4.62. The van der Waals surface area contributed by atoms with Crippen molar-refractivity contribution in [2.24, 2.45) is 5.73 Å². The molecule has 0 radical (unpaired) electrons. The molecule has 2 aromatic carbocycles. The van der Waals surface area contributed by atoms with Gasteiger partial charge in [-0.2, -0.15) is 18.3 Å². The number of aromatic nitrogens is 4. The standard InChI is InChI=1S/C25H16F4N6O3S/c26-16-8-12(3-5-18(16)38-23-14(22(30)37)2-1-7-31-23)9-20(36)34-24-33-17-10-13(4-6-19(17)39-24)15-11-32-35-21(15)25(27,28)29/h1-8,10-11H,9H2,(H2,30,37)(H,32,35)(H,33,34,36). The van der Waals surface area contributed by atoms with Crippen LogP contribution in [-0.2, 0) is 17.4 Å². The van der Waals surface area contributed by atoms with Gasteiger partial charge in [0, 0.05) is 18.0 Å². The maximum Gasteiger partial charge on any atom is 0.435 e. The first kappa shape index (κ1) is 25.8. The van der Waals surface area contributed by atoms with Crippen molar-refractivity contribution in [1.29, 1.82) is 0 Å². The molecule has 4 N–H and O–H groups in total. The predicted molar refractivity (Wildman–Crippen MR) is 134 cm³/mol. The summed E-state index contributed by atoms with van der Waals surface area (Å²) in [4.78, 5) is 32.3. The Bertz CT molecular complexity index is 1720. The molecular weight excluding hydrogens is 540 g/mol. The molecular formula is C25H16F4N6O3S. The summed E-state index contributed by atoms with van der Waals surface area (Å²) in [5.74, 6) is -2.43. The fourth-order valence-electron chi connectivity index (χ4n) is 3.72. The Morgan fingerprint density at radius 3 is 2.69 bits per heavy atom. The van der Waals surface area contributed by atoms with E-state index in [4.69, 9.17) is 10.5 Å². The maximum absolute atomic E-state index is 14.7. The number of primary amides is 1. The number of nitrogens with two attached hydrogens (primary N) is 1. The molecule has 0 aliphatic carbocycles. The number of alkyl halides is 3. The van der Waals surface area contributed by atoms with Crippen LogP contribution in [0.3, 0.4) is 0 Å². The van der Waals surface area contributed by atoms with Gasteiger partial charge in [-0.15, -0.1) is 0 Å². The van der Waals surface area contributed by atoms with E-state index >= 15 is 0 Å². The lowest BCUT2D eigenvalue weighted by atomic mass is 10.1. The number of thiazole rings is 1. The average Bonchev–Trinajstić information content (AvgIpc) is 3.52. The first-order valence-corrected chi connectivity index (χ1v) is 11.9. The van der Waals surface area contributed by atoms with Crippen molar-refractivity contribution >= 4 is 38.5 Å². The first-order valence-electron chi connectivity index (χ1n) is 11.1. The van der Waals surface area contributed by atoms with Crippen LogP contribution in [0.1, 0.15) is 21.6 Å². The van der Waals surface area contributed by atoms with Crippen molar-refractivity contribution in [2.75, 3.05) is 5.32 Å². The summed E-state index contributed by atoms with van der Waals surface area (Å²) in [6, 6.07) is 11.3. The fourth-order valence-corrected chi connectivity index (χ4v) is 4.59. The Kier molecular flexibility index (Phi) is 6.70. The molecule has 5 rings (SSSR count). The number of hydrogen-bond acceptors (Lipinski definition) is 7. The van der Waals surface area contributed by atoms with Gasteiger partial charge in [0.25, 0.3) is 5.91 Å². The summed E-state index contributed by atoms with van der Waals surface area (Å²) in [7, 11) is 0. The number of carbonyl (C=O) groups is 2. The van der Waals surface area contributed by atoms with Crippen molar-refractivity contribution in [2.45, 2.75) is 12.6 Å². The molecule has 39 heavy (non-hydrogen) atoms. The fraction of sp³-hybridized carbons (Fsp3) is 0.0800. The Morgan fingerprint density at radius 2 is 1.95 bits per heavy atom. The van der Waals surface area contributed by atoms with Gasteiger partial charge in [0.05, 0.1) is 16.6 Å². The van der Waals surface area contributed by atoms with Gasteiger partial charge in [-0.25, -0.2) is 14.4 Å². The second-order valence-corrected chi connectivity index (χ2v) is 9.19. The van der Waals surface area contributed by atoms with E-state index < -0.39 is 29.5 Å². The van der Waals surface area contributed by atoms with E-state index in [1.54, 1.807) is 6.07 Å². The number of anilines is 1. The lowest BCUT2D eigenvalue weighted by Gasteiger charge is -2.09. The smallest absolute Gasteiger partial charge is 0.435 e. The van der Waals surface area contributed by atoms with Gasteiger partial charge in [-0.3, -0.25) is 14.7 Å². The molecule has 0 saturated heterocycles. The minimum absolute atomic E-state index is 0.0196. The third-order valence-electron chi connectivity index (χ3n) is 5.46. The highest BCUT2D eigenvalue weighted by Crippen LogP contribution is 2.37. The average molecular weight is 557 g/mol. The number of H-pyrrole nitrogens is 1. The Labute approximate surface area is 220 Å². The molecule has 2 amide bonds. The number of fused-ring (bicyclic) bond motifs is 1. The van der Waals surface area contributed by atoms with Gasteiger partial charge < -0.3 is 15.8 Å². The normalized spacial score (nSPS) is 11.5. The van der Waals surface area contributed by atoms with Crippen LogP contribution in [0.15, 0.2) is 60.9 Å². The van der Waals surface area contributed by atoms with Gasteiger partial charge in [0.15, 0.2) is 22.4 Å². The number of carbonyl (C=O) groups excluding carboxylic acids is 2. The molecule has 5 aromatic rings. The number of hydrogen-bond donors (Lipinski definition) is 3. The quantitative estimate of drug-likeness (QED) is 0.233. The van der Waals surface area contributed by atoms with Crippen molar-refractivity contribution in [3.63, 3.8) is 0 Å². The zero-order chi connectivity index (χ0) is 27.7. The summed E-state index contributed by atoms with van der Waals surface area (Å²) >= 11 is 1.13. The summed E-state index contributed by atoms with van der Waals surface area (Å²) in [5.41, 5.74) is 5.08. The van der Waals surface area contributed by atoms with Crippen LogP contribution >= 0.6 is 11.3 Å². The van der Waals surface area contributed by atoms with Gasteiger partial charge >= 0.3 is 6.18 Å². The molecule has 0 aliphatic rings. The number of amides is 2. The molecule has 3 aromatic heterocycles. The number of nitrogens with one attached hydrogen (secondary N) is 2. The number of halogens is 4. The van der Waals surface area contributed by atoms with Gasteiger partial charge in [-0.05, 0) is 47.5 Å². The lowest BCUT2D eigenvalue weighted by molar-refractivity contribution is -0.140. The predicted octanol–water partition coefficient (Wildman–Crippen LogP) is 5.31. The van der Waals surface area contributed by atoms with Gasteiger partial charge in [-0.1, -0.05) is 23.5 Å². The minimum Gasteiger partial charge on any atom is -0.435 e. The largest absolute Gasteiger partial charge is 0.435 e. The Hall–Kier alpha value is -4.85. The van der Waals surface area contributed by atoms with Gasteiger partial charge in [0.1, 0.15) is 5.56 Å². The van der Waals surface area contributed by atoms with E-state index in [0.29, 0.717) is 15.8 Å². The second kappa shape index (κ2) is 10.1. The van der Waals surface area contributed by atoms with Crippen LogP contribution in [0, 0.1) is 5.82 Å². The van der Waals surface area contributed by atoms with Crippen molar-refractivity contribution in [3.8, 4) is 22.8 Å². The van der Waals surface area contributed by atoms with E-state index in [1.807, 2.05) is 0 Å². The van der Waals surface area contributed by atoms with E-state index in [0.717, 1.165) is 23.6 Å². The number of pyridine rings is 1. The third kappa shape index (κ3) is 5.55. The molecule has 198 valence electrons. The van der Waals surface area contributed by atoms with Crippen molar-refractivity contribution in [3.05, 3.63) is 83.6 Å². The van der Waals surface area contributed by atoms with Crippen molar-refractivity contribution < 1.29 is 31.9 Å². The van der Waals surface area contributed by atoms with Crippen LogP contribution in [-0.4, -0.2) is 32.0 Å². The monoisotopic (exact) mass is 556 g/mol. The van der Waals surface area contributed by atoms with Crippen LogP contribution < -0.4 is 15.8 Å². The topological polar surface area (TPSA) is 136 Å². The molecule has 9 nitrogen and oxygen atoms in total.